The van der Waals surface area contributed by atoms with E-state index in [1.165, 1.54) is 11.1 Å². The first-order chi connectivity index (χ1) is 11.8. The van der Waals surface area contributed by atoms with E-state index in [-0.39, 0.29) is 5.41 Å². The van der Waals surface area contributed by atoms with E-state index < -0.39 is 11.4 Å². The second-order valence-corrected chi connectivity index (χ2v) is 8.41. The molecule has 0 saturated heterocycles. The Bertz CT molecular complexity index is 611. The summed E-state index contributed by atoms with van der Waals surface area (Å²) in [5, 5.41) is 9.18. The van der Waals surface area contributed by atoms with Crippen LogP contribution in [0, 0.1) is 10.8 Å². The zero-order chi connectivity index (χ0) is 18.5. The van der Waals surface area contributed by atoms with Gasteiger partial charge in [0.25, 0.3) is 0 Å². The molecule has 1 aromatic carbocycles. The van der Waals surface area contributed by atoms with Gasteiger partial charge in [0, 0.05) is 5.41 Å². The Morgan fingerprint density at radius 2 is 1.68 bits per heavy atom. The minimum atomic E-state index is -0.722. The van der Waals surface area contributed by atoms with Crippen LogP contribution in [0.25, 0.3) is 0 Å². The number of ketones is 1. The molecule has 1 aliphatic carbocycles. The number of unbranched alkanes of at least 4 members (excludes halogenated alkanes) is 1. The molecule has 0 radical (unpaired) electrons. The Hall–Kier alpha value is -1.64. The first-order valence-electron chi connectivity index (χ1n) is 9.57. The molecule has 1 aliphatic rings. The largest absolute Gasteiger partial charge is 0.481 e. The van der Waals surface area contributed by atoms with Crippen molar-refractivity contribution in [3.8, 4) is 0 Å². The third-order valence-electron chi connectivity index (χ3n) is 5.81. The summed E-state index contributed by atoms with van der Waals surface area (Å²) in [6, 6.07) is 8.66. The number of carboxylic acids is 1. The summed E-state index contributed by atoms with van der Waals surface area (Å²) in [5.74, 6) is -0.348. The smallest absolute Gasteiger partial charge is 0.309 e. The molecule has 0 amide bonds. The van der Waals surface area contributed by atoms with Crippen molar-refractivity contribution < 1.29 is 14.7 Å². The van der Waals surface area contributed by atoms with Crippen LogP contribution in [0.15, 0.2) is 24.3 Å². The number of aliphatic carboxylic acids is 1. The van der Waals surface area contributed by atoms with Crippen LogP contribution in [0.1, 0.15) is 76.8 Å². The monoisotopic (exact) mass is 344 g/mol. The van der Waals surface area contributed by atoms with E-state index in [1.54, 1.807) is 20.8 Å². The SMILES string of the molecule is CC(=O)C1(CCCCc2cccc(CCCC(C)(C)C(=O)O)c2)CC1. The van der Waals surface area contributed by atoms with Gasteiger partial charge in [-0.2, -0.15) is 0 Å². The van der Waals surface area contributed by atoms with Gasteiger partial charge in [0.15, 0.2) is 0 Å². The molecular weight excluding hydrogens is 312 g/mol. The third kappa shape index (κ3) is 5.69. The first-order valence-corrected chi connectivity index (χ1v) is 9.57. The van der Waals surface area contributed by atoms with Gasteiger partial charge in [0.05, 0.1) is 5.41 Å². The van der Waals surface area contributed by atoms with Crippen LogP contribution in [0.2, 0.25) is 0 Å². The van der Waals surface area contributed by atoms with Crippen LogP contribution < -0.4 is 0 Å². The summed E-state index contributed by atoms with van der Waals surface area (Å²) >= 11 is 0. The van der Waals surface area contributed by atoms with Gasteiger partial charge in [-0.1, -0.05) is 30.7 Å². The molecule has 1 N–H and O–H groups in total. The fraction of sp³-hybridized carbons (Fsp3) is 0.636. The van der Waals surface area contributed by atoms with Crippen molar-refractivity contribution in [1.29, 1.82) is 0 Å². The molecule has 1 saturated carbocycles. The number of Topliss-reactive ketones (excluding diaryl/α,β-unsaturated/α-hetero) is 1. The van der Waals surface area contributed by atoms with Gasteiger partial charge in [-0.05, 0) is 83.3 Å². The van der Waals surface area contributed by atoms with Gasteiger partial charge in [-0.3, -0.25) is 9.59 Å². The third-order valence-corrected chi connectivity index (χ3v) is 5.81. The fourth-order valence-corrected chi connectivity index (χ4v) is 3.50. The number of carbonyl (C=O) groups is 2. The molecule has 0 aliphatic heterocycles. The van der Waals surface area contributed by atoms with E-state index >= 15 is 0 Å². The van der Waals surface area contributed by atoms with Gasteiger partial charge in [0.2, 0.25) is 0 Å². The number of aryl methyl sites for hydroxylation is 2. The van der Waals surface area contributed by atoms with Gasteiger partial charge < -0.3 is 5.11 Å². The number of hydrogen-bond donors (Lipinski definition) is 1. The van der Waals surface area contributed by atoms with E-state index in [4.69, 9.17) is 0 Å². The molecule has 138 valence electrons. The number of rotatable bonds is 11. The van der Waals surface area contributed by atoms with Crippen LogP contribution in [0.3, 0.4) is 0 Å². The van der Waals surface area contributed by atoms with Crippen molar-refractivity contribution in [2.75, 3.05) is 0 Å². The summed E-state index contributed by atoms with van der Waals surface area (Å²) in [6.07, 6.45) is 9.05. The maximum Gasteiger partial charge on any atom is 0.309 e. The van der Waals surface area contributed by atoms with Crippen LogP contribution >= 0.6 is 0 Å². The molecule has 1 aromatic rings. The van der Waals surface area contributed by atoms with Crippen molar-refractivity contribution in [3.63, 3.8) is 0 Å². The van der Waals surface area contributed by atoms with Crippen molar-refractivity contribution >= 4 is 11.8 Å². The molecule has 25 heavy (non-hydrogen) atoms. The lowest BCUT2D eigenvalue weighted by Gasteiger charge is -2.18. The number of carbonyl (C=O) groups excluding carboxylic acids is 1. The lowest BCUT2D eigenvalue weighted by atomic mass is 9.86. The zero-order valence-corrected chi connectivity index (χ0v) is 15.9. The second-order valence-electron chi connectivity index (χ2n) is 8.41. The topological polar surface area (TPSA) is 54.4 Å². The van der Waals surface area contributed by atoms with E-state index in [0.29, 0.717) is 12.2 Å². The number of hydrogen-bond acceptors (Lipinski definition) is 2. The van der Waals surface area contributed by atoms with Crippen LogP contribution in [0.5, 0.6) is 0 Å². The average molecular weight is 344 g/mol. The molecule has 1 fully saturated rings. The molecular formula is C22H32O3. The number of benzene rings is 1. The molecule has 0 spiro atoms. The highest BCUT2D eigenvalue weighted by molar-refractivity contribution is 5.84. The summed E-state index contributed by atoms with van der Waals surface area (Å²) in [7, 11) is 0. The lowest BCUT2D eigenvalue weighted by Crippen LogP contribution is -2.23. The van der Waals surface area contributed by atoms with Crippen LogP contribution in [0.4, 0.5) is 0 Å². The highest BCUT2D eigenvalue weighted by atomic mass is 16.4. The Morgan fingerprint density at radius 3 is 2.20 bits per heavy atom. The van der Waals surface area contributed by atoms with Gasteiger partial charge in [-0.15, -0.1) is 0 Å². The lowest BCUT2D eigenvalue weighted by molar-refractivity contribution is -0.147. The van der Waals surface area contributed by atoms with E-state index in [0.717, 1.165) is 51.4 Å². The summed E-state index contributed by atoms with van der Waals surface area (Å²) in [6.45, 7) is 5.32. The van der Waals surface area contributed by atoms with E-state index in [1.807, 2.05) is 0 Å². The maximum absolute atomic E-state index is 11.6. The quantitative estimate of drug-likeness (QED) is 0.561. The predicted molar refractivity (Wildman–Crippen MR) is 101 cm³/mol. The maximum atomic E-state index is 11.6. The van der Waals surface area contributed by atoms with Crippen LogP contribution in [-0.4, -0.2) is 16.9 Å². The molecule has 0 unspecified atom stereocenters. The second kappa shape index (κ2) is 8.16. The molecule has 0 aromatic heterocycles. The number of carboxylic acid groups (broad SMARTS) is 1. The van der Waals surface area contributed by atoms with Crippen molar-refractivity contribution in [3.05, 3.63) is 35.4 Å². The van der Waals surface area contributed by atoms with Crippen molar-refractivity contribution in [2.24, 2.45) is 10.8 Å². The van der Waals surface area contributed by atoms with Crippen LogP contribution in [-0.2, 0) is 22.4 Å². The minimum absolute atomic E-state index is 0.0405. The summed E-state index contributed by atoms with van der Waals surface area (Å²) in [5.41, 5.74) is 2.04. The molecule has 3 heteroatoms. The minimum Gasteiger partial charge on any atom is -0.481 e. The van der Waals surface area contributed by atoms with Gasteiger partial charge >= 0.3 is 5.97 Å². The Balaban J connectivity index is 1.73. The first kappa shape index (κ1) is 19.7. The molecule has 0 bridgehead atoms. The average Bonchev–Trinajstić information content (AvgIpc) is 3.33. The van der Waals surface area contributed by atoms with Gasteiger partial charge in [-0.25, -0.2) is 0 Å². The summed E-state index contributed by atoms with van der Waals surface area (Å²) in [4.78, 5) is 22.8. The zero-order valence-electron chi connectivity index (χ0n) is 15.9. The Kier molecular flexibility index (Phi) is 6.42. The standard InChI is InChI=1S/C22H32O3/c1-17(23)22(14-15-22)13-5-4-8-18-9-6-10-19(16-18)11-7-12-21(2,3)20(24)25/h6,9-10,16H,4-5,7-8,11-15H2,1-3H3,(H,24,25). The highest BCUT2D eigenvalue weighted by Gasteiger charge is 2.46. The van der Waals surface area contributed by atoms with Crippen molar-refractivity contribution in [1.82, 2.24) is 0 Å². The Labute approximate surface area is 151 Å². The Morgan fingerprint density at radius 1 is 1.08 bits per heavy atom. The molecule has 2 rings (SSSR count). The van der Waals surface area contributed by atoms with E-state index in [9.17, 15) is 14.7 Å². The summed E-state index contributed by atoms with van der Waals surface area (Å²) < 4.78 is 0. The predicted octanol–water partition coefficient (Wildman–Crippen LogP) is 5.20. The molecule has 0 atom stereocenters. The van der Waals surface area contributed by atoms with E-state index in [2.05, 4.69) is 24.3 Å². The fourth-order valence-electron chi connectivity index (χ4n) is 3.50. The van der Waals surface area contributed by atoms with Crippen molar-refractivity contribution in [2.45, 2.75) is 78.6 Å². The molecule has 3 nitrogen and oxygen atoms in total. The normalized spacial score (nSPS) is 15.8. The van der Waals surface area contributed by atoms with Gasteiger partial charge in [0.1, 0.15) is 5.78 Å². The molecule has 0 heterocycles. The highest BCUT2D eigenvalue weighted by Crippen LogP contribution is 2.50.